The van der Waals surface area contributed by atoms with Gasteiger partial charge in [-0.3, -0.25) is 4.98 Å². The lowest BCUT2D eigenvalue weighted by Gasteiger charge is -2.54. The van der Waals surface area contributed by atoms with Crippen molar-refractivity contribution in [1.82, 2.24) is 15.2 Å². The van der Waals surface area contributed by atoms with Gasteiger partial charge in [0.1, 0.15) is 0 Å². The molecule has 5 heteroatoms. The smallest absolute Gasteiger partial charge is 0.317 e. The van der Waals surface area contributed by atoms with Crippen molar-refractivity contribution in [3.8, 4) is 0 Å². The summed E-state index contributed by atoms with van der Waals surface area (Å²) in [5.41, 5.74) is 1.22. The molecular formula is C19H29N3O2. The Hall–Kier alpha value is -1.62. The van der Waals surface area contributed by atoms with Crippen molar-refractivity contribution in [1.29, 1.82) is 0 Å². The van der Waals surface area contributed by atoms with E-state index in [1.54, 1.807) is 11.1 Å². The number of pyridine rings is 1. The van der Waals surface area contributed by atoms with Crippen LogP contribution in [-0.4, -0.2) is 41.7 Å². The van der Waals surface area contributed by atoms with Crippen LogP contribution in [0, 0.1) is 5.41 Å². The van der Waals surface area contributed by atoms with E-state index >= 15 is 0 Å². The Kier molecular flexibility index (Phi) is 5.09. The molecule has 3 atom stereocenters. The second-order valence-corrected chi connectivity index (χ2v) is 7.20. The molecule has 1 aromatic heterocycles. The molecule has 2 amide bonds. The van der Waals surface area contributed by atoms with Gasteiger partial charge in [-0.1, -0.05) is 18.9 Å². The molecule has 1 heterocycles. The number of ether oxygens (including phenoxy) is 1. The number of nitrogens with zero attached hydrogens (tertiary/aromatic N) is 2. The lowest BCUT2D eigenvalue weighted by atomic mass is 9.60. The Morgan fingerprint density at radius 3 is 2.88 bits per heavy atom. The molecule has 0 unspecified atom stereocenters. The first-order valence-corrected chi connectivity index (χ1v) is 9.13. The molecule has 2 aliphatic carbocycles. The third-order valence-electron chi connectivity index (χ3n) is 6.05. The highest BCUT2D eigenvalue weighted by Crippen LogP contribution is 2.54. The number of amides is 2. The molecule has 1 N–H and O–H groups in total. The zero-order chi connectivity index (χ0) is 17.2. The van der Waals surface area contributed by atoms with Crippen LogP contribution in [0.15, 0.2) is 24.5 Å². The molecular weight excluding hydrogens is 302 g/mol. The van der Waals surface area contributed by atoms with Crippen LogP contribution >= 0.6 is 0 Å². The minimum absolute atomic E-state index is 0.000920. The maximum atomic E-state index is 12.7. The molecule has 2 fully saturated rings. The number of urea groups is 1. The van der Waals surface area contributed by atoms with Crippen LogP contribution in [0.3, 0.4) is 0 Å². The number of hydrogen-bond donors (Lipinski definition) is 1. The van der Waals surface area contributed by atoms with E-state index in [1.165, 1.54) is 25.7 Å². The summed E-state index contributed by atoms with van der Waals surface area (Å²) in [5.74, 6) is 0. The number of carbonyl (C=O) groups is 1. The molecule has 2 aliphatic rings. The van der Waals surface area contributed by atoms with Crippen molar-refractivity contribution in [3.05, 3.63) is 30.1 Å². The van der Waals surface area contributed by atoms with Crippen molar-refractivity contribution in [2.45, 2.75) is 64.1 Å². The Bertz CT molecular complexity index is 557. The fraction of sp³-hybridized carbons (Fsp3) is 0.684. The Balaban J connectivity index is 1.62. The Morgan fingerprint density at radius 2 is 2.25 bits per heavy atom. The molecule has 3 rings (SSSR count). The van der Waals surface area contributed by atoms with Crippen LogP contribution in [0.25, 0.3) is 0 Å². The zero-order valence-electron chi connectivity index (χ0n) is 15.0. The van der Waals surface area contributed by atoms with Crippen molar-refractivity contribution < 1.29 is 9.53 Å². The maximum absolute atomic E-state index is 12.7. The van der Waals surface area contributed by atoms with Gasteiger partial charge in [-0.15, -0.1) is 0 Å². The molecule has 0 radical (unpaired) electrons. The molecule has 1 spiro atoms. The number of carbonyl (C=O) groups excluding carboxylic acids is 1. The van der Waals surface area contributed by atoms with E-state index in [-0.39, 0.29) is 23.5 Å². The van der Waals surface area contributed by atoms with E-state index in [0.717, 1.165) is 18.6 Å². The highest BCUT2D eigenvalue weighted by molar-refractivity contribution is 5.75. The van der Waals surface area contributed by atoms with Crippen molar-refractivity contribution in [2.75, 3.05) is 13.7 Å². The molecule has 5 nitrogen and oxygen atoms in total. The zero-order valence-corrected chi connectivity index (χ0v) is 15.0. The number of nitrogens with one attached hydrogen (secondary N) is 1. The van der Waals surface area contributed by atoms with Crippen LogP contribution in [0.4, 0.5) is 4.79 Å². The van der Waals surface area contributed by atoms with Gasteiger partial charge in [-0.2, -0.15) is 0 Å². The molecule has 1 aromatic rings. The monoisotopic (exact) mass is 331 g/mol. The summed E-state index contributed by atoms with van der Waals surface area (Å²) in [7, 11) is 1.85. The van der Waals surface area contributed by atoms with E-state index in [1.807, 2.05) is 32.3 Å². The molecule has 0 aliphatic heterocycles. The molecule has 2 saturated carbocycles. The van der Waals surface area contributed by atoms with Crippen molar-refractivity contribution >= 4 is 6.03 Å². The highest BCUT2D eigenvalue weighted by Gasteiger charge is 2.57. The third kappa shape index (κ3) is 3.02. The normalized spacial score (nSPS) is 26.0. The topological polar surface area (TPSA) is 54.5 Å². The highest BCUT2D eigenvalue weighted by atomic mass is 16.5. The lowest BCUT2D eigenvalue weighted by molar-refractivity contribution is -0.127. The summed E-state index contributed by atoms with van der Waals surface area (Å²) in [6, 6.07) is 4.16. The standard InChI is InChI=1S/C19H29N3O2/c1-4-24-17-12-16(19(17)9-5-6-10-19)21-18(23)22(3)14(2)15-8-7-11-20-13-15/h7-8,11,13-14,16-17H,4-6,9-10,12H2,1-3H3,(H,21,23)/t14-,16-,17-/m1/s1. The summed E-state index contributed by atoms with van der Waals surface area (Å²) < 4.78 is 5.93. The first kappa shape index (κ1) is 17.2. The minimum Gasteiger partial charge on any atom is -0.378 e. The first-order valence-electron chi connectivity index (χ1n) is 9.13. The minimum atomic E-state index is -0.00224. The SMILES string of the molecule is CCO[C@@H]1C[C@@H](NC(=O)N(C)[C@H](C)c2cccnc2)C12CCCC2. The molecule has 132 valence electrons. The molecule has 0 aromatic carbocycles. The van der Waals surface area contributed by atoms with Gasteiger partial charge >= 0.3 is 6.03 Å². The van der Waals surface area contributed by atoms with E-state index in [9.17, 15) is 4.79 Å². The van der Waals surface area contributed by atoms with Gasteiger partial charge in [-0.05, 0) is 44.7 Å². The summed E-state index contributed by atoms with van der Waals surface area (Å²) >= 11 is 0. The van der Waals surface area contributed by atoms with Gasteiger partial charge in [0.15, 0.2) is 0 Å². The van der Waals surface area contributed by atoms with Crippen LogP contribution in [0.2, 0.25) is 0 Å². The fourth-order valence-electron chi connectivity index (χ4n) is 4.36. The van der Waals surface area contributed by atoms with Gasteiger partial charge in [0.05, 0.1) is 12.1 Å². The third-order valence-corrected chi connectivity index (χ3v) is 6.05. The van der Waals surface area contributed by atoms with Gasteiger partial charge < -0.3 is 15.0 Å². The summed E-state index contributed by atoms with van der Waals surface area (Å²) in [5, 5.41) is 3.27. The van der Waals surface area contributed by atoms with Crippen molar-refractivity contribution in [2.24, 2.45) is 5.41 Å². The summed E-state index contributed by atoms with van der Waals surface area (Å²) in [6.07, 6.45) is 9.67. The predicted molar refractivity (Wildman–Crippen MR) is 93.7 cm³/mol. The van der Waals surface area contributed by atoms with Gasteiger partial charge in [-0.25, -0.2) is 4.79 Å². The fourth-order valence-corrected chi connectivity index (χ4v) is 4.36. The Morgan fingerprint density at radius 1 is 1.50 bits per heavy atom. The second kappa shape index (κ2) is 7.09. The van der Waals surface area contributed by atoms with Crippen LogP contribution < -0.4 is 5.32 Å². The van der Waals surface area contributed by atoms with Crippen LogP contribution in [-0.2, 0) is 4.74 Å². The van der Waals surface area contributed by atoms with E-state index in [2.05, 4.69) is 17.2 Å². The molecule has 0 bridgehead atoms. The number of aromatic nitrogens is 1. The van der Waals surface area contributed by atoms with E-state index in [4.69, 9.17) is 4.74 Å². The quantitative estimate of drug-likeness (QED) is 0.898. The summed E-state index contributed by atoms with van der Waals surface area (Å²) in [4.78, 5) is 18.6. The average molecular weight is 331 g/mol. The van der Waals surface area contributed by atoms with E-state index in [0.29, 0.717) is 6.10 Å². The van der Waals surface area contributed by atoms with Gasteiger partial charge in [0, 0.05) is 37.5 Å². The average Bonchev–Trinajstić information content (AvgIpc) is 3.13. The molecule has 24 heavy (non-hydrogen) atoms. The van der Waals surface area contributed by atoms with Gasteiger partial charge in [0.25, 0.3) is 0 Å². The maximum Gasteiger partial charge on any atom is 0.317 e. The summed E-state index contributed by atoms with van der Waals surface area (Å²) in [6.45, 7) is 4.84. The van der Waals surface area contributed by atoms with Gasteiger partial charge in [0.2, 0.25) is 0 Å². The van der Waals surface area contributed by atoms with E-state index < -0.39 is 0 Å². The second-order valence-electron chi connectivity index (χ2n) is 7.20. The van der Waals surface area contributed by atoms with Crippen LogP contribution in [0.5, 0.6) is 0 Å². The van der Waals surface area contributed by atoms with Crippen molar-refractivity contribution in [3.63, 3.8) is 0 Å². The largest absolute Gasteiger partial charge is 0.378 e. The lowest BCUT2D eigenvalue weighted by Crippen LogP contribution is -2.64. The molecule has 0 saturated heterocycles. The predicted octanol–water partition coefficient (Wildman–Crippen LogP) is 3.52. The first-order chi connectivity index (χ1) is 11.6. The Labute approximate surface area is 144 Å². The van der Waals surface area contributed by atoms with Crippen LogP contribution in [0.1, 0.15) is 57.6 Å². The number of hydrogen-bond acceptors (Lipinski definition) is 3. The number of rotatable bonds is 5.